The first-order valence-electron chi connectivity index (χ1n) is 6.34. The number of thiocarbonyl (C=S) groups is 1. The zero-order valence-corrected chi connectivity index (χ0v) is 13.7. The summed E-state index contributed by atoms with van der Waals surface area (Å²) in [5, 5.41) is 18.2. The van der Waals surface area contributed by atoms with Gasteiger partial charge in [-0.2, -0.15) is 0 Å². The van der Waals surface area contributed by atoms with E-state index in [0.717, 1.165) is 11.8 Å². The highest BCUT2D eigenvalue weighted by Crippen LogP contribution is 2.33. The van der Waals surface area contributed by atoms with Gasteiger partial charge in [-0.1, -0.05) is 41.6 Å². The second kappa shape index (κ2) is 7.13. The molecule has 0 spiro atoms. The minimum absolute atomic E-state index is 0.0102. The molecule has 5 nitrogen and oxygen atoms in total. The van der Waals surface area contributed by atoms with Crippen LogP contribution in [0.1, 0.15) is 18.4 Å². The van der Waals surface area contributed by atoms with Crippen molar-refractivity contribution in [2.75, 3.05) is 6.54 Å². The number of carboxylic acids is 1. The van der Waals surface area contributed by atoms with E-state index in [1.807, 2.05) is 0 Å². The molecule has 0 radical (unpaired) electrons. The van der Waals surface area contributed by atoms with Crippen LogP contribution in [0.2, 0.25) is 5.02 Å². The topological polar surface area (TPSA) is 77.8 Å². The van der Waals surface area contributed by atoms with Gasteiger partial charge in [0.15, 0.2) is 0 Å². The van der Waals surface area contributed by atoms with Crippen LogP contribution in [0.3, 0.4) is 0 Å². The number of nitrogens with zero attached hydrogens (tertiary/aromatic N) is 1. The predicted molar refractivity (Wildman–Crippen MR) is 89.9 cm³/mol. The molecule has 0 aliphatic carbocycles. The molecule has 22 heavy (non-hydrogen) atoms. The van der Waals surface area contributed by atoms with Crippen molar-refractivity contribution in [2.45, 2.75) is 12.8 Å². The molecule has 2 rings (SSSR count). The van der Waals surface area contributed by atoms with E-state index in [2.05, 4.69) is 0 Å². The maximum Gasteiger partial charge on any atom is 0.303 e. The van der Waals surface area contributed by atoms with E-state index < -0.39 is 5.97 Å². The summed E-state index contributed by atoms with van der Waals surface area (Å²) in [6.45, 7) is 0.282. The summed E-state index contributed by atoms with van der Waals surface area (Å²) in [7, 11) is 0. The third-order valence-corrected chi connectivity index (χ3v) is 4.60. The van der Waals surface area contributed by atoms with Gasteiger partial charge in [0.05, 0.1) is 9.93 Å². The largest absolute Gasteiger partial charge is 0.506 e. The lowest BCUT2D eigenvalue weighted by Gasteiger charge is -2.13. The smallest absolute Gasteiger partial charge is 0.303 e. The van der Waals surface area contributed by atoms with Crippen molar-refractivity contribution in [3.8, 4) is 5.75 Å². The number of carboxylic acid groups (broad SMARTS) is 1. The molecule has 1 saturated heterocycles. The molecule has 1 aromatic rings. The highest BCUT2D eigenvalue weighted by atomic mass is 35.5. The quantitative estimate of drug-likeness (QED) is 0.622. The monoisotopic (exact) mass is 357 g/mol. The number of carbonyl (C=O) groups is 2. The summed E-state index contributed by atoms with van der Waals surface area (Å²) < 4.78 is 0.409. The van der Waals surface area contributed by atoms with Gasteiger partial charge in [-0.25, -0.2) is 0 Å². The number of rotatable bonds is 5. The van der Waals surface area contributed by atoms with E-state index >= 15 is 0 Å². The number of halogens is 1. The fourth-order valence-corrected chi connectivity index (χ4v) is 3.34. The van der Waals surface area contributed by atoms with Crippen LogP contribution in [0.4, 0.5) is 0 Å². The zero-order chi connectivity index (χ0) is 16.3. The summed E-state index contributed by atoms with van der Waals surface area (Å²) in [4.78, 5) is 24.6. The zero-order valence-electron chi connectivity index (χ0n) is 11.3. The SMILES string of the molecule is O=C(O)CCCN1C(=O)C(=Cc2ccc(O)c(Cl)c2)SC1=S. The standard InChI is InChI=1S/C14H12ClNO4S2/c15-9-6-8(3-4-10(9)17)7-11-13(20)16(14(21)22-11)5-1-2-12(18)19/h3-4,6-7,17H,1-2,5H2,(H,18,19). The summed E-state index contributed by atoms with van der Waals surface area (Å²) in [5.41, 5.74) is 0.675. The molecule has 2 N–H and O–H groups in total. The van der Waals surface area contributed by atoms with E-state index in [0.29, 0.717) is 21.2 Å². The van der Waals surface area contributed by atoms with Crippen LogP contribution < -0.4 is 0 Å². The molecule has 1 heterocycles. The number of benzene rings is 1. The molecule has 1 aromatic carbocycles. The molecule has 0 bridgehead atoms. The van der Waals surface area contributed by atoms with Gasteiger partial charge in [-0.15, -0.1) is 0 Å². The Morgan fingerprint density at radius 3 is 2.82 bits per heavy atom. The Kier molecular flexibility index (Phi) is 5.44. The van der Waals surface area contributed by atoms with Gasteiger partial charge in [-0.05, 0) is 30.2 Å². The van der Waals surface area contributed by atoms with Gasteiger partial charge in [0.25, 0.3) is 5.91 Å². The molecule has 0 atom stereocenters. The lowest BCUT2D eigenvalue weighted by molar-refractivity contribution is -0.137. The molecule has 116 valence electrons. The molecule has 0 saturated carbocycles. The van der Waals surface area contributed by atoms with Gasteiger partial charge in [0.2, 0.25) is 0 Å². The lowest BCUT2D eigenvalue weighted by atomic mass is 10.2. The van der Waals surface area contributed by atoms with E-state index in [9.17, 15) is 14.7 Å². The molecular formula is C14H12ClNO4S2. The van der Waals surface area contributed by atoms with Crippen molar-refractivity contribution in [1.82, 2.24) is 4.90 Å². The number of aromatic hydroxyl groups is 1. The second-order valence-corrected chi connectivity index (χ2v) is 6.62. The number of carbonyl (C=O) groups excluding carboxylic acids is 1. The number of hydrogen-bond donors (Lipinski definition) is 2. The molecule has 1 aliphatic rings. The van der Waals surface area contributed by atoms with Crippen molar-refractivity contribution in [3.63, 3.8) is 0 Å². The third-order valence-electron chi connectivity index (χ3n) is 2.92. The number of phenolic OH excluding ortho intramolecular Hbond substituents is 1. The van der Waals surface area contributed by atoms with Crippen LogP contribution in [0.25, 0.3) is 6.08 Å². The fraction of sp³-hybridized carbons (Fsp3) is 0.214. The molecular weight excluding hydrogens is 346 g/mol. The highest BCUT2D eigenvalue weighted by molar-refractivity contribution is 8.26. The molecule has 1 aliphatic heterocycles. The van der Waals surface area contributed by atoms with Crippen LogP contribution in [-0.4, -0.2) is 37.9 Å². The maximum absolute atomic E-state index is 12.3. The normalized spacial score (nSPS) is 16.6. The first kappa shape index (κ1) is 16.8. The molecule has 0 aromatic heterocycles. The number of aliphatic carboxylic acids is 1. The number of amides is 1. The van der Waals surface area contributed by atoms with Crippen LogP contribution in [0.15, 0.2) is 23.1 Å². The number of hydrogen-bond acceptors (Lipinski definition) is 5. The summed E-state index contributed by atoms with van der Waals surface area (Å²) >= 11 is 12.1. The molecule has 1 fully saturated rings. The van der Waals surface area contributed by atoms with Crippen molar-refractivity contribution in [3.05, 3.63) is 33.7 Å². The van der Waals surface area contributed by atoms with Crippen molar-refractivity contribution in [1.29, 1.82) is 0 Å². The fourth-order valence-electron chi connectivity index (χ4n) is 1.85. The summed E-state index contributed by atoms with van der Waals surface area (Å²) in [6, 6.07) is 4.63. The van der Waals surface area contributed by atoms with Gasteiger partial charge in [0, 0.05) is 13.0 Å². The van der Waals surface area contributed by atoms with Crippen molar-refractivity contribution >= 4 is 57.9 Å². The van der Waals surface area contributed by atoms with E-state index in [4.69, 9.17) is 28.9 Å². The number of thioether (sulfide) groups is 1. The summed E-state index contributed by atoms with van der Waals surface area (Å²) in [6.07, 6.45) is 1.98. The van der Waals surface area contributed by atoms with Crippen LogP contribution >= 0.6 is 35.6 Å². The molecule has 8 heteroatoms. The van der Waals surface area contributed by atoms with Gasteiger partial charge < -0.3 is 10.2 Å². The van der Waals surface area contributed by atoms with E-state index in [-0.39, 0.29) is 29.6 Å². The highest BCUT2D eigenvalue weighted by Gasteiger charge is 2.31. The lowest BCUT2D eigenvalue weighted by Crippen LogP contribution is -2.29. The Balaban J connectivity index is 2.11. The Hall–Kier alpha value is -1.57. The molecule has 1 amide bonds. The Labute approximate surface area is 141 Å². The minimum Gasteiger partial charge on any atom is -0.506 e. The first-order chi connectivity index (χ1) is 10.4. The third kappa shape index (κ3) is 4.00. The average Bonchev–Trinajstić information content (AvgIpc) is 2.70. The van der Waals surface area contributed by atoms with Gasteiger partial charge in [0.1, 0.15) is 10.1 Å². The Morgan fingerprint density at radius 1 is 1.45 bits per heavy atom. The second-order valence-electron chi connectivity index (χ2n) is 4.54. The van der Waals surface area contributed by atoms with Crippen LogP contribution in [0.5, 0.6) is 5.75 Å². The minimum atomic E-state index is -0.903. The average molecular weight is 358 g/mol. The van der Waals surface area contributed by atoms with Gasteiger partial charge >= 0.3 is 5.97 Å². The Bertz CT molecular complexity index is 675. The molecule has 0 unspecified atom stereocenters. The van der Waals surface area contributed by atoms with Crippen molar-refractivity contribution < 1.29 is 19.8 Å². The summed E-state index contributed by atoms with van der Waals surface area (Å²) in [5.74, 6) is -1.18. The van der Waals surface area contributed by atoms with Crippen LogP contribution in [0, 0.1) is 0 Å². The van der Waals surface area contributed by atoms with E-state index in [1.54, 1.807) is 18.2 Å². The van der Waals surface area contributed by atoms with Crippen LogP contribution in [-0.2, 0) is 9.59 Å². The maximum atomic E-state index is 12.3. The van der Waals surface area contributed by atoms with E-state index in [1.165, 1.54) is 11.0 Å². The number of phenols is 1. The predicted octanol–water partition coefficient (Wildman–Crippen LogP) is 3.11. The Morgan fingerprint density at radius 2 is 2.18 bits per heavy atom. The van der Waals surface area contributed by atoms with Crippen molar-refractivity contribution in [2.24, 2.45) is 0 Å². The first-order valence-corrected chi connectivity index (χ1v) is 7.94. The van der Waals surface area contributed by atoms with Gasteiger partial charge in [-0.3, -0.25) is 14.5 Å².